The van der Waals surface area contributed by atoms with Crippen molar-refractivity contribution in [2.75, 3.05) is 11.9 Å². The van der Waals surface area contributed by atoms with Gasteiger partial charge in [0.1, 0.15) is 0 Å². The average Bonchev–Trinajstić information content (AvgIpc) is 2.51. The largest absolute Gasteiger partial charge is 0.385 e. The summed E-state index contributed by atoms with van der Waals surface area (Å²) in [6, 6.07) is 6.88. The third kappa shape index (κ3) is 3.01. The van der Waals surface area contributed by atoms with Crippen molar-refractivity contribution in [1.29, 1.82) is 0 Å². The zero-order chi connectivity index (χ0) is 13.8. The first kappa shape index (κ1) is 13.9. The van der Waals surface area contributed by atoms with Crippen LogP contribution in [0.4, 0.5) is 5.69 Å². The van der Waals surface area contributed by atoms with Crippen molar-refractivity contribution in [1.82, 2.24) is 0 Å². The third-order valence-electron chi connectivity index (χ3n) is 4.81. The van der Waals surface area contributed by atoms with Gasteiger partial charge in [-0.15, -0.1) is 0 Å². The summed E-state index contributed by atoms with van der Waals surface area (Å²) in [5.74, 6) is 0.643. The molecule has 1 aliphatic heterocycles. The highest BCUT2D eigenvalue weighted by molar-refractivity contribution is 5.50. The highest BCUT2D eigenvalue weighted by atomic mass is 16.5. The quantitative estimate of drug-likeness (QED) is 0.775. The minimum absolute atomic E-state index is 0.478. The Hall–Kier alpha value is -1.02. The topological polar surface area (TPSA) is 21.3 Å². The van der Waals surface area contributed by atoms with Gasteiger partial charge in [-0.3, -0.25) is 0 Å². The molecule has 0 radical (unpaired) electrons. The lowest BCUT2D eigenvalue weighted by molar-refractivity contribution is -0.0118. The molecule has 2 nitrogen and oxygen atoms in total. The number of hydrogen-bond acceptors (Lipinski definition) is 2. The van der Waals surface area contributed by atoms with Gasteiger partial charge in [-0.25, -0.2) is 0 Å². The van der Waals surface area contributed by atoms with Crippen molar-refractivity contribution in [3.05, 3.63) is 29.3 Å². The first-order valence-electron chi connectivity index (χ1n) is 8.37. The van der Waals surface area contributed by atoms with Crippen LogP contribution in [0.25, 0.3) is 0 Å². The molecule has 0 amide bonds. The maximum Gasteiger partial charge on any atom is 0.0723 e. The van der Waals surface area contributed by atoms with Gasteiger partial charge in [-0.1, -0.05) is 38.7 Å². The van der Waals surface area contributed by atoms with E-state index in [1.165, 1.54) is 56.2 Å². The van der Waals surface area contributed by atoms with Crippen molar-refractivity contribution < 1.29 is 4.74 Å². The van der Waals surface area contributed by atoms with E-state index in [4.69, 9.17) is 4.74 Å². The smallest absolute Gasteiger partial charge is 0.0723 e. The summed E-state index contributed by atoms with van der Waals surface area (Å²) in [5.41, 5.74) is 4.26. The molecule has 0 aromatic heterocycles. The molecule has 1 aromatic rings. The van der Waals surface area contributed by atoms with E-state index in [2.05, 4.69) is 30.4 Å². The highest BCUT2D eigenvalue weighted by Gasteiger charge is 2.32. The molecule has 20 heavy (non-hydrogen) atoms. The number of anilines is 1. The summed E-state index contributed by atoms with van der Waals surface area (Å²) in [6.07, 6.45) is 9.59. The van der Waals surface area contributed by atoms with Crippen molar-refractivity contribution in [2.45, 2.75) is 70.5 Å². The minimum atomic E-state index is 0.478. The van der Waals surface area contributed by atoms with Crippen LogP contribution in [0.3, 0.4) is 0 Å². The zero-order valence-corrected chi connectivity index (χ0v) is 12.7. The second-order valence-electron chi connectivity index (χ2n) is 6.29. The van der Waals surface area contributed by atoms with Gasteiger partial charge in [0.25, 0.3) is 0 Å². The second kappa shape index (κ2) is 6.62. The monoisotopic (exact) mass is 273 g/mol. The van der Waals surface area contributed by atoms with Crippen molar-refractivity contribution >= 4 is 5.69 Å². The molecule has 0 bridgehead atoms. The van der Waals surface area contributed by atoms with Crippen LogP contribution < -0.4 is 5.32 Å². The molecule has 2 unspecified atom stereocenters. The predicted molar refractivity (Wildman–Crippen MR) is 84.2 cm³/mol. The molecule has 1 fully saturated rings. The maximum absolute atomic E-state index is 6.04. The first-order chi connectivity index (χ1) is 9.88. The van der Waals surface area contributed by atoms with Gasteiger partial charge in [0.2, 0.25) is 0 Å². The molecule has 2 aliphatic rings. The van der Waals surface area contributed by atoms with Crippen LogP contribution in [0, 0.1) is 0 Å². The number of ether oxygens (including phenoxy) is 1. The van der Waals surface area contributed by atoms with Crippen LogP contribution in [0.15, 0.2) is 18.2 Å². The molecule has 2 heteroatoms. The summed E-state index contributed by atoms with van der Waals surface area (Å²) < 4.78 is 6.04. The predicted octanol–water partition coefficient (Wildman–Crippen LogP) is 4.85. The Labute approximate surface area is 122 Å². The number of rotatable bonds is 5. The molecule has 1 saturated carbocycles. The Morgan fingerprint density at radius 3 is 3.00 bits per heavy atom. The van der Waals surface area contributed by atoms with E-state index >= 15 is 0 Å². The summed E-state index contributed by atoms with van der Waals surface area (Å²) in [5, 5.41) is 3.58. The Kier molecular flexibility index (Phi) is 4.62. The lowest BCUT2D eigenvalue weighted by Gasteiger charge is -2.37. The molecule has 3 rings (SSSR count). The van der Waals surface area contributed by atoms with E-state index in [-0.39, 0.29) is 0 Å². The van der Waals surface area contributed by atoms with E-state index in [9.17, 15) is 0 Å². The molecular weight excluding hydrogens is 246 g/mol. The number of hydrogen-bond donors (Lipinski definition) is 1. The van der Waals surface area contributed by atoms with Crippen LogP contribution in [-0.4, -0.2) is 12.6 Å². The number of unbranched alkanes of at least 4 members (excludes halogenated alkanes) is 2. The molecular formula is C18H27NO. The van der Waals surface area contributed by atoms with E-state index in [0.29, 0.717) is 12.0 Å². The van der Waals surface area contributed by atoms with Crippen LogP contribution in [0.2, 0.25) is 0 Å². The Morgan fingerprint density at radius 2 is 2.10 bits per heavy atom. The van der Waals surface area contributed by atoms with Crippen LogP contribution in [0.1, 0.15) is 68.9 Å². The van der Waals surface area contributed by atoms with Gasteiger partial charge >= 0.3 is 0 Å². The molecule has 110 valence electrons. The van der Waals surface area contributed by atoms with Gasteiger partial charge < -0.3 is 10.1 Å². The fourth-order valence-electron chi connectivity index (χ4n) is 3.64. The van der Waals surface area contributed by atoms with Crippen molar-refractivity contribution in [3.63, 3.8) is 0 Å². The molecule has 1 N–H and O–H groups in total. The fourth-order valence-corrected chi connectivity index (χ4v) is 3.64. The SMILES string of the molecule is CCCCCNc1ccc2c(c1)C1CCCCC1OC2. The minimum Gasteiger partial charge on any atom is -0.385 e. The number of benzene rings is 1. The van der Waals surface area contributed by atoms with Crippen LogP contribution in [-0.2, 0) is 11.3 Å². The lowest BCUT2D eigenvalue weighted by atomic mass is 9.78. The normalized spacial score (nSPS) is 24.9. The Bertz CT molecular complexity index is 443. The molecule has 0 saturated heterocycles. The van der Waals surface area contributed by atoms with Gasteiger partial charge in [-0.05, 0) is 42.5 Å². The summed E-state index contributed by atoms with van der Waals surface area (Å²) >= 11 is 0. The fraction of sp³-hybridized carbons (Fsp3) is 0.667. The van der Waals surface area contributed by atoms with E-state index < -0.39 is 0 Å². The Morgan fingerprint density at radius 1 is 1.20 bits per heavy atom. The second-order valence-corrected chi connectivity index (χ2v) is 6.29. The van der Waals surface area contributed by atoms with Crippen molar-refractivity contribution in [2.24, 2.45) is 0 Å². The molecule has 0 spiro atoms. The van der Waals surface area contributed by atoms with Gasteiger partial charge in [0.15, 0.2) is 0 Å². The third-order valence-corrected chi connectivity index (χ3v) is 4.81. The lowest BCUT2D eigenvalue weighted by Crippen LogP contribution is -2.30. The summed E-state index contributed by atoms with van der Waals surface area (Å²) in [6.45, 7) is 4.16. The van der Waals surface area contributed by atoms with E-state index in [1.54, 1.807) is 5.56 Å². The molecule has 1 aliphatic carbocycles. The molecule has 2 atom stereocenters. The zero-order valence-electron chi connectivity index (χ0n) is 12.7. The van der Waals surface area contributed by atoms with Gasteiger partial charge in [-0.2, -0.15) is 0 Å². The Balaban J connectivity index is 1.70. The summed E-state index contributed by atoms with van der Waals surface area (Å²) in [7, 11) is 0. The average molecular weight is 273 g/mol. The maximum atomic E-state index is 6.04. The first-order valence-corrected chi connectivity index (χ1v) is 8.37. The van der Waals surface area contributed by atoms with Crippen LogP contribution in [0.5, 0.6) is 0 Å². The highest BCUT2D eigenvalue weighted by Crippen LogP contribution is 2.41. The van der Waals surface area contributed by atoms with E-state index in [0.717, 1.165) is 13.2 Å². The summed E-state index contributed by atoms with van der Waals surface area (Å²) in [4.78, 5) is 0. The van der Waals surface area contributed by atoms with Gasteiger partial charge in [0.05, 0.1) is 12.7 Å². The van der Waals surface area contributed by atoms with Crippen LogP contribution >= 0.6 is 0 Å². The number of fused-ring (bicyclic) bond motifs is 3. The van der Waals surface area contributed by atoms with Gasteiger partial charge in [0, 0.05) is 18.2 Å². The molecule has 1 heterocycles. The standard InChI is InChI=1S/C18H27NO/c1-2-3-6-11-19-15-10-9-14-13-20-18-8-5-4-7-16(18)17(14)12-15/h9-10,12,16,18-19H,2-8,11,13H2,1H3. The van der Waals surface area contributed by atoms with E-state index in [1.807, 2.05) is 0 Å². The molecule has 1 aromatic carbocycles. The number of nitrogens with one attached hydrogen (secondary N) is 1. The van der Waals surface area contributed by atoms with Crippen molar-refractivity contribution in [3.8, 4) is 0 Å².